The largest absolute Gasteiger partial charge is 0.416 e. The quantitative estimate of drug-likeness (QED) is 0.919. The molecule has 0 aromatic heterocycles. The number of hydrogen-bond acceptors (Lipinski definition) is 3. The monoisotopic (exact) mass is 336 g/mol. The maximum atomic E-state index is 12.5. The molecule has 2 rings (SSSR count). The van der Waals surface area contributed by atoms with Crippen molar-refractivity contribution >= 4 is 10.0 Å². The van der Waals surface area contributed by atoms with Gasteiger partial charge >= 0.3 is 6.18 Å². The number of hydrogen-bond donors (Lipinski definition) is 1. The van der Waals surface area contributed by atoms with Crippen LogP contribution < -0.4 is 5.73 Å². The zero-order valence-electron chi connectivity index (χ0n) is 12.2. The summed E-state index contributed by atoms with van der Waals surface area (Å²) in [4.78, 5) is -0.134. The van der Waals surface area contributed by atoms with Gasteiger partial charge in [-0.3, -0.25) is 0 Å². The van der Waals surface area contributed by atoms with E-state index in [1.807, 2.05) is 6.92 Å². The average molecular weight is 336 g/mol. The second-order valence-electron chi connectivity index (χ2n) is 5.56. The summed E-state index contributed by atoms with van der Waals surface area (Å²) in [6, 6.07) is 3.33. The van der Waals surface area contributed by atoms with Crippen LogP contribution in [0, 0.1) is 5.92 Å². The molecule has 0 spiro atoms. The standard InChI is InChI=1S/C14H19F3N2O2S/c1-2-3-10-8-19(9-13(10)18)22(20,21)12-6-4-11(5-7-12)14(15,16)17/h4-7,10,13H,2-3,8-9,18H2,1H3/t10-,13-/m1/s1. The molecule has 1 aromatic carbocycles. The lowest BCUT2D eigenvalue weighted by molar-refractivity contribution is -0.137. The molecule has 4 nitrogen and oxygen atoms in total. The highest BCUT2D eigenvalue weighted by atomic mass is 32.2. The number of nitrogens with two attached hydrogens (primary N) is 1. The predicted molar refractivity (Wildman–Crippen MR) is 76.6 cm³/mol. The SMILES string of the molecule is CCC[C@@H]1CN(S(=O)(=O)c2ccc(C(F)(F)F)cc2)C[C@H]1N. The maximum absolute atomic E-state index is 12.5. The molecule has 2 atom stereocenters. The van der Waals surface area contributed by atoms with Crippen molar-refractivity contribution in [3.8, 4) is 0 Å². The van der Waals surface area contributed by atoms with E-state index in [0.29, 0.717) is 6.54 Å². The first-order chi connectivity index (χ1) is 10.2. The number of benzene rings is 1. The molecule has 1 aromatic rings. The minimum atomic E-state index is -4.48. The Morgan fingerprint density at radius 1 is 1.23 bits per heavy atom. The second-order valence-corrected chi connectivity index (χ2v) is 7.49. The molecular formula is C14H19F3N2O2S. The van der Waals surface area contributed by atoms with Gasteiger partial charge in [-0.05, 0) is 36.6 Å². The molecule has 0 unspecified atom stereocenters. The molecule has 8 heteroatoms. The highest BCUT2D eigenvalue weighted by Crippen LogP contribution is 2.31. The first-order valence-electron chi connectivity index (χ1n) is 7.09. The van der Waals surface area contributed by atoms with Crippen LogP contribution in [0.3, 0.4) is 0 Å². The molecular weight excluding hydrogens is 317 g/mol. The minimum Gasteiger partial charge on any atom is -0.326 e. The Morgan fingerprint density at radius 3 is 2.32 bits per heavy atom. The zero-order chi connectivity index (χ0) is 16.5. The average Bonchev–Trinajstić information content (AvgIpc) is 2.81. The van der Waals surface area contributed by atoms with Crippen LogP contribution in [0.4, 0.5) is 13.2 Å². The van der Waals surface area contributed by atoms with E-state index in [1.54, 1.807) is 0 Å². The normalized spacial score (nSPS) is 23.9. The van der Waals surface area contributed by atoms with Gasteiger partial charge in [0.05, 0.1) is 10.5 Å². The Kier molecular flexibility index (Phi) is 4.84. The van der Waals surface area contributed by atoms with Gasteiger partial charge in [0.25, 0.3) is 0 Å². The van der Waals surface area contributed by atoms with E-state index in [4.69, 9.17) is 5.73 Å². The van der Waals surface area contributed by atoms with Gasteiger partial charge in [0.2, 0.25) is 10.0 Å². The summed E-state index contributed by atoms with van der Waals surface area (Å²) in [5.74, 6) is 0.0919. The Morgan fingerprint density at radius 2 is 1.82 bits per heavy atom. The van der Waals surface area contributed by atoms with Crippen LogP contribution in [0.5, 0.6) is 0 Å². The molecule has 1 fully saturated rings. The fourth-order valence-corrected chi connectivity index (χ4v) is 4.23. The van der Waals surface area contributed by atoms with Crippen molar-refractivity contribution in [1.82, 2.24) is 4.31 Å². The van der Waals surface area contributed by atoms with Gasteiger partial charge in [-0.15, -0.1) is 0 Å². The number of rotatable bonds is 4. The summed E-state index contributed by atoms with van der Waals surface area (Å²) in [6.07, 6.45) is -2.74. The lowest BCUT2D eigenvalue weighted by Crippen LogP contribution is -2.32. The van der Waals surface area contributed by atoms with E-state index in [-0.39, 0.29) is 23.4 Å². The summed E-state index contributed by atoms with van der Waals surface area (Å²) >= 11 is 0. The number of halogens is 3. The Balaban J connectivity index is 2.21. The predicted octanol–water partition coefficient (Wildman–Crippen LogP) is 2.45. The molecule has 124 valence electrons. The summed E-state index contributed by atoms with van der Waals surface area (Å²) in [5.41, 5.74) is 5.09. The van der Waals surface area contributed by atoms with E-state index >= 15 is 0 Å². The summed E-state index contributed by atoms with van der Waals surface area (Å²) in [6.45, 7) is 2.52. The molecule has 0 radical (unpaired) electrons. The van der Waals surface area contributed by atoms with Crippen molar-refractivity contribution in [2.75, 3.05) is 13.1 Å². The lowest BCUT2D eigenvalue weighted by atomic mass is 9.99. The molecule has 2 N–H and O–H groups in total. The topological polar surface area (TPSA) is 63.4 Å². The maximum Gasteiger partial charge on any atom is 0.416 e. The van der Waals surface area contributed by atoms with Gasteiger partial charge in [0, 0.05) is 19.1 Å². The molecule has 0 aliphatic carbocycles. The van der Waals surface area contributed by atoms with Crippen molar-refractivity contribution in [3.05, 3.63) is 29.8 Å². The molecule has 1 heterocycles. The van der Waals surface area contributed by atoms with E-state index in [2.05, 4.69) is 0 Å². The number of alkyl halides is 3. The van der Waals surface area contributed by atoms with Gasteiger partial charge in [-0.1, -0.05) is 13.3 Å². The second kappa shape index (κ2) is 6.17. The van der Waals surface area contributed by atoms with E-state index < -0.39 is 21.8 Å². The summed E-state index contributed by atoms with van der Waals surface area (Å²) < 4.78 is 63.8. The van der Waals surface area contributed by atoms with Gasteiger partial charge in [-0.2, -0.15) is 17.5 Å². The molecule has 1 aliphatic heterocycles. The van der Waals surface area contributed by atoms with Crippen molar-refractivity contribution in [3.63, 3.8) is 0 Å². The fraction of sp³-hybridized carbons (Fsp3) is 0.571. The van der Waals surface area contributed by atoms with E-state index in [1.165, 1.54) is 4.31 Å². The first-order valence-corrected chi connectivity index (χ1v) is 8.53. The van der Waals surface area contributed by atoms with E-state index in [9.17, 15) is 21.6 Å². The van der Waals surface area contributed by atoms with Gasteiger partial charge < -0.3 is 5.73 Å². The lowest BCUT2D eigenvalue weighted by Gasteiger charge is -2.17. The van der Waals surface area contributed by atoms with Crippen LogP contribution in [0.15, 0.2) is 29.2 Å². The van der Waals surface area contributed by atoms with Crippen LogP contribution in [-0.2, 0) is 16.2 Å². The zero-order valence-corrected chi connectivity index (χ0v) is 13.0. The molecule has 0 amide bonds. The van der Waals surface area contributed by atoms with Crippen LogP contribution in [-0.4, -0.2) is 31.9 Å². The Labute approximate surface area is 128 Å². The molecule has 1 aliphatic rings. The van der Waals surface area contributed by atoms with Gasteiger partial charge in [0.1, 0.15) is 0 Å². The molecule has 0 saturated carbocycles. The smallest absolute Gasteiger partial charge is 0.326 e. The van der Waals surface area contributed by atoms with Crippen LogP contribution in [0.25, 0.3) is 0 Å². The molecule has 22 heavy (non-hydrogen) atoms. The van der Waals surface area contributed by atoms with Crippen LogP contribution in [0.1, 0.15) is 25.3 Å². The first kappa shape index (κ1) is 17.2. The Hall–Kier alpha value is -1.12. The summed E-state index contributed by atoms with van der Waals surface area (Å²) in [5, 5.41) is 0. The third-order valence-electron chi connectivity index (χ3n) is 3.94. The molecule has 1 saturated heterocycles. The van der Waals surface area contributed by atoms with Crippen molar-refractivity contribution in [1.29, 1.82) is 0 Å². The minimum absolute atomic E-state index is 0.0919. The third kappa shape index (κ3) is 3.44. The number of nitrogens with zero attached hydrogens (tertiary/aromatic N) is 1. The molecule has 0 bridgehead atoms. The third-order valence-corrected chi connectivity index (χ3v) is 5.78. The highest BCUT2D eigenvalue weighted by Gasteiger charge is 2.37. The van der Waals surface area contributed by atoms with Crippen LogP contribution in [0.2, 0.25) is 0 Å². The fourth-order valence-electron chi connectivity index (χ4n) is 2.69. The van der Waals surface area contributed by atoms with E-state index in [0.717, 1.165) is 37.1 Å². The van der Waals surface area contributed by atoms with Gasteiger partial charge in [-0.25, -0.2) is 8.42 Å². The Bertz CT molecular complexity index is 614. The highest BCUT2D eigenvalue weighted by molar-refractivity contribution is 7.89. The van der Waals surface area contributed by atoms with Crippen molar-refractivity contribution in [2.24, 2.45) is 11.7 Å². The number of sulfonamides is 1. The van der Waals surface area contributed by atoms with Crippen LogP contribution >= 0.6 is 0 Å². The van der Waals surface area contributed by atoms with Crippen molar-refractivity contribution < 1.29 is 21.6 Å². The van der Waals surface area contributed by atoms with Crippen molar-refractivity contribution in [2.45, 2.75) is 36.9 Å². The van der Waals surface area contributed by atoms with Gasteiger partial charge in [0.15, 0.2) is 0 Å². The summed E-state index contributed by atoms with van der Waals surface area (Å²) in [7, 11) is -3.80.